The van der Waals surface area contributed by atoms with Gasteiger partial charge in [-0.1, -0.05) is 12.1 Å². The number of hydrogen-bond donors (Lipinski definition) is 3. The van der Waals surface area contributed by atoms with Gasteiger partial charge in [0.1, 0.15) is 11.5 Å². The lowest BCUT2D eigenvalue weighted by molar-refractivity contribution is -0.120. The molecule has 0 spiro atoms. The summed E-state index contributed by atoms with van der Waals surface area (Å²) < 4.78 is 0. The summed E-state index contributed by atoms with van der Waals surface area (Å²) in [6, 6.07) is 9.65. The fourth-order valence-corrected chi connectivity index (χ4v) is 2.44. The highest BCUT2D eigenvalue weighted by Gasteiger charge is 2.27. The number of anilines is 2. The van der Waals surface area contributed by atoms with E-state index in [1.165, 1.54) is 12.1 Å². The number of rotatable bonds is 3. The van der Waals surface area contributed by atoms with Gasteiger partial charge in [0.25, 0.3) is 11.8 Å². The maximum atomic E-state index is 11.7. The zero-order chi connectivity index (χ0) is 16.6. The fourth-order valence-electron chi connectivity index (χ4n) is 2.44. The fraction of sp³-hybridized carbons (Fsp3) is 0.0588. The van der Waals surface area contributed by atoms with E-state index in [4.69, 9.17) is 5.73 Å². The minimum atomic E-state index is -0.485. The average Bonchev–Trinajstić information content (AvgIpc) is 2.83. The first-order valence-electron chi connectivity index (χ1n) is 6.91. The average molecular weight is 310 g/mol. The molecule has 0 unspecified atom stereocenters. The Bertz CT molecular complexity index is 824. The van der Waals surface area contributed by atoms with E-state index in [0.29, 0.717) is 12.1 Å². The summed E-state index contributed by atoms with van der Waals surface area (Å²) in [6.07, 6.45) is 2.78. The largest absolute Gasteiger partial charge is 0.506 e. The summed E-state index contributed by atoms with van der Waals surface area (Å²) in [6.45, 7) is 0. The molecule has 1 aliphatic rings. The van der Waals surface area contributed by atoms with Gasteiger partial charge in [-0.25, -0.2) is 4.90 Å². The van der Waals surface area contributed by atoms with Gasteiger partial charge in [-0.2, -0.15) is 0 Å². The van der Waals surface area contributed by atoms with Crippen LogP contribution in [0, 0.1) is 0 Å². The van der Waals surface area contributed by atoms with Crippen molar-refractivity contribution in [2.24, 2.45) is 0 Å². The number of amides is 2. The van der Waals surface area contributed by atoms with Crippen LogP contribution in [0.2, 0.25) is 0 Å². The van der Waals surface area contributed by atoms with Gasteiger partial charge in [0.2, 0.25) is 0 Å². The standard InChI is InChI=1S/C17H14N2O4/c18-12-3-1-10(8-14(12)20)7-11-2-4-13(15(21)9-11)19-16(22)5-6-17(19)23/h1-6,8-9,20-21H,7,18H2. The van der Waals surface area contributed by atoms with Gasteiger partial charge >= 0.3 is 0 Å². The predicted octanol–water partition coefficient (Wildman–Crippen LogP) is 1.70. The van der Waals surface area contributed by atoms with Crippen molar-refractivity contribution in [3.05, 3.63) is 59.7 Å². The number of nitrogens with two attached hydrogens (primary N) is 1. The maximum absolute atomic E-state index is 11.7. The Balaban J connectivity index is 1.86. The number of benzene rings is 2. The van der Waals surface area contributed by atoms with Crippen LogP contribution in [0.4, 0.5) is 11.4 Å². The SMILES string of the molecule is Nc1ccc(Cc2ccc(N3C(=O)C=CC3=O)c(O)c2)cc1O. The van der Waals surface area contributed by atoms with Gasteiger partial charge in [-0.15, -0.1) is 0 Å². The van der Waals surface area contributed by atoms with Crippen LogP contribution in [0.3, 0.4) is 0 Å². The Morgan fingerprint density at radius 3 is 2.00 bits per heavy atom. The molecule has 2 aromatic carbocycles. The molecule has 6 heteroatoms. The monoisotopic (exact) mass is 310 g/mol. The summed E-state index contributed by atoms with van der Waals surface area (Å²) in [5.74, 6) is -1.13. The number of hydrogen-bond acceptors (Lipinski definition) is 5. The van der Waals surface area contributed by atoms with E-state index in [1.54, 1.807) is 24.3 Å². The lowest BCUT2D eigenvalue weighted by Crippen LogP contribution is -2.29. The van der Waals surface area contributed by atoms with Gasteiger partial charge in [-0.3, -0.25) is 9.59 Å². The molecule has 1 heterocycles. The number of phenols is 2. The maximum Gasteiger partial charge on any atom is 0.258 e. The van der Waals surface area contributed by atoms with Crippen LogP contribution in [0.5, 0.6) is 11.5 Å². The van der Waals surface area contributed by atoms with Crippen molar-refractivity contribution in [3.63, 3.8) is 0 Å². The van der Waals surface area contributed by atoms with Gasteiger partial charge in [0.15, 0.2) is 0 Å². The first kappa shape index (κ1) is 14.6. The number of imide groups is 1. The molecule has 0 saturated carbocycles. The highest BCUT2D eigenvalue weighted by Crippen LogP contribution is 2.31. The van der Waals surface area contributed by atoms with E-state index in [1.807, 2.05) is 0 Å². The molecule has 116 valence electrons. The summed E-state index contributed by atoms with van der Waals surface area (Å²) in [5, 5.41) is 19.7. The predicted molar refractivity (Wildman–Crippen MR) is 85.1 cm³/mol. The van der Waals surface area contributed by atoms with E-state index in [9.17, 15) is 19.8 Å². The molecule has 0 aromatic heterocycles. The van der Waals surface area contributed by atoms with Crippen molar-refractivity contribution in [1.29, 1.82) is 0 Å². The van der Waals surface area contributed by atoms with Crippen molar-refractivity contribution in [1.82, 2.24) is 0 Å². The van der Waals surface area contributed by atoms with E-state index in [0.717, 1.165) is 28.2 Å². The molecule has 0 saturated heterocycles. The molecule has 6 nitrogen and oxygen atoms in total. The Morgan fingerprint density at radius 1 is 0.870 bits per heavy atom. The third-order valence-electron chi connectivity index (χ3n) is 3.59. The molecule has 4 N–H and O–H groups in total. The van der Waals surface area contributed by atoms with Crippen LogP contribution in [0.25, 0.3) is 0 Å². The number of aromatic hydroxyl groups is 2. The topological polar surface area (TPSA) is 104 Å². The molecule has 2 aromatic rings. The second kappa shape index (κ2) is 5.49. The molecule has 0 fully saturated rings. The lowest BCUT2D eigenvalue weighted by Gasteiger charge is -2.16. The van der Waals surface area contributed by atoms with Crippen LogP contribution in [-0.2, 0) is 16.0 Å². The second-order valence-corrected chi connectivity index (χ2v) is 5.24. The molecule has 0 radical (unpaired) electrons. The molecule has 1 aliphatic heterocycles. The Hall–Kier alpha value is -3.28. The molecular formula is C17H14N2O4. The van der Waals surface area contributed by atoms with Gasteiger partial charge < -0.3 is 15.9 Å². The van der Waals surface area contributed by atoms with Gasteiger partial charge in [-0.05, 0) is 41.8 Å². The third-order valence-corrected chi connectivity index (χ3v) is 3.59. The molecular weight excluding hydrogens is 296 g/mol. The quantitative estimate of drug-likeness (QED) is 0.455. The molecule has 3 rings (SSSR count). The normalized spacial score (nSPS) is 13.8. The van der Waals surface area contributed by atoms with E-state index in [2.05, 4.69) is 0 Å². The summed E-state index contributed by atoms with van der Waals surface area (Å²) in [7, 11) is 0. The van der Waals surface area contributed by atoms with Crippen molar-refractivity contribution < 1.29 is 19.8 Å². The zero-order valence-corrected chi connectivity index (χ0v) is 12.1. The highest BCUT2D eigenvalue weighted by molar-refractivity contribution is 6.28. The number of carbonyl (C=O) groups excluding carboxylic acids is 2. The van der Waals surface area contributed by atoms with Gasteiger partial charge in [0, 0.05) is 12.2 Å². The summed E-state index contributed by atoms with van der Waals surface area (Å²) >= 11 is 0. The molecule has 0 atom stereocenters. The number of nitrogens with zero attached hydrogens (tertiary/aromatic N) is 1. The van der Waals surface area contributed by atoms with Crippen molar-refractivity contribution in [2.75, 3.05) is 10.6 Å². The number of nitrogen functional groups attached to an aromatic ring is 1. The molecule has 23 heavy (non-hydrogen) atoms. The molecule has 0 bridgehead atoms. The first-order valence-corrected chi connectivity index (χ1v) is 6.91. The number of carbonyl (C=O) groups is 2. The smallest absolute Gasteiger partial charge is 0.258 e. The van der Waals surface area contributed by atoms with E-state index < -0.39 is 11.8 Å². The van der Waals surface area contributed by atoms with Crippen LogP contribution < -0.4 is 10.6 Å². The van der Waals surface area contributed by atoms with E-state index in [-0.39, 0.29) is 17.2 Å². The summed E-state index contributed by atoms with van der Waals surface area (Å²) in [5.41, 5.74) is 7.59. The Morgan fingerprint density at radius 2 is 1.43 bits per heavy atom. The zero-order valence-electron chi connectivity index (χ0n) is 12.1. The van der Waals surface area contributed by atoms with Crippen LogP contribution >= 0.6 is 0 Å². The van der Waals surface area contributed by atoms with Crippen LogP contribution in [0.1, 0.15) is 11.1 Å². The number of phenolic OH excluding ortho intramolecular Hbond substituents is 2. The van der Waals surface area contributed by atoms with Crippen LogP contribution in [-0.4, -0.2) is 22.0 Å². The Labute approximate surface area is 132 Å². The minimum Gasteiger partial charge on any atom is -0.506 e. The third kappa shape index (κ3) is 2.74. The van der Waals surface area contributed by atoms with Crippen molar-refractivity contribution in [2.45, 2.75) is 6.42 Å². The molecule has 2 amide bonds. The lowest BCUT2D eigenvalue weighted by atomic mass is 10.0. The molecule has 0 aliphatic carbocycles. The van der Waals surface area contributed by atoms with Crippen LogP contribution in [0.15, 0.2) is 48.6 Å². The first-order chi connectivity index (χ1) is 11.0. The van der Waals surface area contributed by atoms with Crippen molar-refractivity contribution in [3.8, 4) is 11.5 Å². The minimum absolute atomic E-state index is 0.00248. The van der Waals surface area contributed by atoms with Crippen molar-refractivity contribution >= 4 is 23.2 Å². The van der Waals surface area contributed by atoms with Gasteiger partial charge in [0.05, 0.1) is 11.4 Å². The highest BCUT2D eigenvalue weighted by atomic mass is 16.3. The second-order valence-electron chi connectivity index (χ2n) is 5.24. The van der Waals surface area contributed by atoms with E-state index >= 15 is 0 Å². The summed E-state index contributed by atoms with van der Waals surface area (Å²) in [4.78, 5) is 24.2. The Kier molecular flexibility index (Phi) is 3.50.